The molecule has 0 aromatic carbocycles. The van der Waals surface area contributed by atoms with E-state index >= 15 is 0 Å². The minimum absolute atomic E-state index is 0.00685. The van der Waals surface area contributed by atoms with Crippen LogP contribution in [0.1, 0.15) is 10.5 Å². The van der Waals surface area contributed by atoms with Gasteiger partial charge in [-0.3, -0.25) is 4.79 Å². The summed E-state index contributed by atoms with van der Waals surface area (Å²) in [5.41, 5.74) is 4.90. The maximum absolute atomic E-state index is 11.7. The Morgan fingerprint density at radius 1 is 1.50 bits per heavy atom. The van der Waals surface area contributed by atoms with Crippen LogP contribution in [0.5, 0.6) is 0 Å². The maximum Gasteiger partial charge on any atom is 0.268 e. The van der Waals surface area contributed by atoms with Gasteiger partial charge >= 0.3 is 0 Å². The van der Waals surface area contributed by atoms with Crippen molar-refractivity contribution < 1.29 is 13.6 Å². The number of aromatic nitrogens is 2. The van der Waals surface area contributed by atoms with Crippen molar-refractivity contribution in [2.45, 2.75) is 6.43 Å². The van der Waals surface area contributed by atoms with Gasteiger partial charge in [0, 0.05) is 0 Å². The molecular weight excluding hydrogens is 194 g/mol. The number of nitrogens with one attached hydrogen (secondary N) is 1. The van der Waals surface area contributed by atoms with Gasteiger partial charge in [-0.25, -0.2) is 18.7 Å². The van der Waals surface area contributed by atoms with Crippen molar-refractivity contribution in [1.29, 1.82) is 0 Å². The number of anilines is 1. The molecule has 1 rings (SSSR count). The molecule has 7 heteroatoms. The third-order valence-corrected chi connectivity index (χ3v) is 1.34. The van der Waals surface area contributed by atoms with Gasteiger partial charge in [0.25, 0.3) is 12.3 Å². The summed E-state index contributed by atoms with van der Waals surface area (Å²) >= 11 is 0. The van der Waals surface area contributed by atoms with Crippen LogP contribution in [0, 0.1) is 0 Å². The van der Waals surface area contributed by atoms with Crippen LogP contribution in [0.3, 0.4) is 0 Å². The van der Waals surface area contributed by atoms with Gasteiger partial charge in [-0.15, -0.1) is 0 Å². The lowest BCUT2D eigenvalue weighted by Gasteiger charge is -2.03. The lowest BCUT2D eigenvalue weighted by Crippen LogP contribution is -2.15. The van der Waals surface area contributed by atoms with Gasteiger partial charge in [-0.1, -0.05) is 0 Å². The van der Waals surface area contributed by atoms with Crippen LogP contribution >= 0.6 is 0 Å². The second-order valence-electron chi connectivity index (χ2n) is 2.42. The smallest absolute Gasteiger partial charge is 0.268 e. The van der Waals surface area contributed by atoms with Crippen molar-refractivity contribution in [3.8, 4) is 0 Å². The molecule has 14 heavy (non-hydrogen) atoms. The molecule has 0 aliphatic carbocycles. The standard InChI is InChI=1S/C7H8F2N4O/c8-5(9)2-13-6-3-11-4(1-12-6)7(10)14/h1,3,5H,2H2,(H2,10,14)(H,12,13). The number of rotatable bonds is 4. The van der Waals surface area contributed by atoms with Crippen LogP contribution in [0.2, 0.25) is 0 Å². The predicted molar refractivity (Wildman–Crippen MR) is 45.0 cm³/mol. The Labute approximate surface area is 78.3 Å². The molecule has 5 nitrogen and oxygen atoms in total. The average Bonchev–Trinajstić information content (AvgIpc) is 2.15. The molecule has 0 fully saturated rings. The van der Waals surface area contributed by atoms with E-state index < -0.39 is 18.9 Å². The monoisotopic (exact) mass is 202 g/mol. The van der Waals surface area contributed by atoms with Gasteiger partial charge < -0.3 is 11.1 Å². The number of hydrogen-bond acceptors (Lipinski definition) is 4. The van der Waals surface area contributed by atoms with Crippen LogP contribution in [-0.2, 0) is 0 Å². The molecule has 0 atom stereocenters. The Morgan fingerprint density at radius 2 is 2.21 bits per heavy atom. The molecule has 1 heterocycles. The van der Waals surface area contributed by atoms with E-state index in [4.69, 9.17) is 5.73 Å². The Morgan fingerprint density at radius 3 is 2.64 bits per heavy atom. The number of halogens is 2. The van der Waals surface area contributed by atoms with Crippen molar-refractivity contribution in [1.82, 2.24) is 9.97 Å². The highest BCUT2D eigenvalue weighted by atomic mass is 19.3. The first-order valence-corrected chi connectivity index (χ1v) is 3.73. The molecule has 1 aromatic heterocycles. The number of hydrogen-bond donors (Lipinski definition) is 2. The van der Waals surface area contributed by atoms with E-state index in [1.165, 1.54) is 6.20 Å². The molecule has 0 aliphatic rings. The first kappa shape index (κ1) is 10.3. The Balaban J connectivity index is 2.60. The predicted octanol–water partition coefficient (Wildman–Crippen LogP) is 0.252. The van der Waals surface area contributed by atoms with E-state index in [0.29, 0.717) is 0 Å². The molecule has 0 saturated carbocycles. The lowest BCUT2D eigenvalue weighted by molar-refractivity contribution is 0.0995. The first-order chi connectivity index (χ1) is 6.59. The van der Waals surface area contributed by atoms with E-state index in [1.807, 2.05) is 0 Å². The summed E-state index contributed by atoms with van der Waals surface area (Å²) in [6.07, 6.45) is -0.175. The molecule has 1 amide bonds. The van der Waals surface area contributed by atoms with Crippen molar-refractivity contribution >= 4 is 11.7 Å². The first-order valence-electron chi connectivity index (χ1n) is 3.73. The summed E-state index contributed by atoms with van der Waals surface area (Å²) in [7, 11) is 0. The molecule has 0 aliphatic heterocycles. The molecule has 0 spiro atoms. The highest BCUT2D eigenvalue weighted by Gasteiger charge is 2.04. The SMILES string of the molecule is NC(=O)c1cnc(NCC(F)F)cn1. The molecule has 0 unspecified atom stereocenters. The van der Waals surface area contributed by atoms with Crippen molar-refractivity contribution in [3.63, 3.8) is 0 Å². The number of carbonyl (C=O) groups is 1. The van der Waals surface area contributed by atoms with Crippen LogP contribution < -0.4 is 11.1 Å². The Bertz CT molecular complexity index is 314. The summed E-state index contributed by atoms with van der Waals surface area (Å²) in [6, 6.07) is 0. The molecule has 0 bridgehead atoms. The van der Waals surface area contributed by atoms with Crippen molar-refractivity contribution in [2.75, 3.05) is 11.9 Å². The molecular formula is C7H8F2N4O. The van der Waals surface area contributed by atoms with E-state index in [2.05, 4.69) is 15.3 Å². The molecule has 76 valence electrons. The number of nitrogens with zero attached hydrogens (tertiary/aromatic N) is 2. The summed E-state index contributed by atoms with van der Waals surface area (Å²) in [5, 5.41) is 2.33. The fraction of sp³-hybridized carbons (Fsp3) is 0.286. The van der Waals surface area contributed by atoms with Gasteiger partial charge in [0.05, 0.1) is 18.9 Å². The second kappa shape index (κ2) is 4.45. The van der Waals surface area contributed by atoms with Gasteiger partial charge in [0.15, 0.2) is 0 Å². The lowest BCUT2D eigenvalue weighted by atomic mass is 10.4. The average molecular weight is 202 g/mol. The number of amides is 1. The minimum Gasteiger partial charge on any atom is -0.364 e. The summed E-state index contributed by atoms with van der Waals surface area (Å²) in [6.45, 7) is -0.509. The largest absolute Gasteiger partial charge is 0.364 e. The summed E-state index contributed by atoms with van der Waals surface area (Å²) in [4.78, 5) is 17.8. The van der Waals surface area contributed by atoms with Gasteiger partial charge in [-0.2, -0.15) is 0 Å². The zero-order chi connectivity index (χ0) is 10.6. The maximum atomic E-state index is 11.7. The quantitative estimate of drug-likeness (QED) is 0.733. The third kappa shape index (κ3) is 2.92. The number of primary amides is 1. The number of carbonyl (C=O) groups excluding carboxylic acids is 1. The Kier molecular flexibility index (Phi) is 3.27. The van der Waals surface area contributed by atoms with Gasteiger partial charge in [-0.05, 0) is 0 Å². The van der Waals surface area contributed by atoms with Crippen molar-refractivity contribution in [2.24, 2.45) is 5.73 Å². The summed E-state index contributed by atoms with van der Waals surface area (Å²) in [5.74, 6) is -0.534. The molecule has 0 radical (unpaired) electrons. The van der Waals surface area contributed by atoms with E-state index in [0.717, 1.165) is 6.20 Å². The highest BCUT2D eigenvalue weighted by Crippen LogP contribution is 2.01. The second-order valence-corrected chi connectivity index (χ2v) is 2.42. The third-order valence-electron chi connectivity index (χ3n) is 1.34. The molecule has 3 N–H and O–H groups in total. The van der Waals surface area contributed by atoms with E-state index in [1.54, 1.807) is 0 Å². The van der Waals surface area contributed by atoms with E-state index in [9.17, 15) is 13.6 Å². The van der Waals surface area contributed by atoms with Gasteiger partial charge in [0.2, 0.25) is 0 Å². The molecule has 1 aromatic rings. The van der Waals surface area contributed by atoms with Crippen LogP contribution in [0.4, 0.5) is 14.6 Å². The summed E-state index contributed by atoms with van der Waals surface area (Å²) < 4.78 is 23.5. The zero-order valence-corrected chi connectivity index (χ0v) is 7.08. The number of nitrogens with two attached hydrogens (primary N) is 1. The Hall–Kier alpha value is -1.79. The fourth-order valence-corrected chi connectivity index (χ4v) is 0.728. The van der Waals surface area contributed by atoms with Crippen LogP contribution in [0.15, 0.2) is 12.4 Å². The van der Waals surface area contributed by atoms with Crippen molar-refractivity contribution in [3.05, 3.63) is 18.1 Å². The highest BCUT2D eigenvalue weighted by molar-refractivity contribution is 5.90. The normalized spacial score (nSPS) is 10.2. The topological polar surface area (TPSA) is 80.9 Å². The number of alkyl halides is 2. The zero-order valence-electron chi connectivity index (χ0n) is 7.08. The fourth-order valence-electron chi connectivity index (χ4n) is 0.728. The minimum atomic E-state index is -2.47. The van der Waals surface area contributed by atoms with Crippen LogP contribution in [-0.4, -0.2) is 28.8 Å². The van der Waals surface area contributed by atoms with E-state index in [-0.39, 0.29) is 11.5 Å². The van der Waals surface area contributed by atoms with Gasteiger partial charge in [0.1, 0.15) is 11.5 Å². The van der Waals surface area contributed by atoms with Crippen LogP contribution in [0.25, 0.3) is 0 Å². The molecule has 0 saturated heterocycles.